The van der Waals surface area contributed by atoms with Crippen molar-refractivity contribution in [2.75, 3.05) is 0 Å². The normalized spacial score (nSPS) is 20.0. The summed E-state index contributed by atoms with van der Waals surface area (Å²) in [7, 11) is 0. The Morgan fingerprint density at radius 2 is 2.00 bits per heavy atom. The highest BCUT2D eigenvalue weighted by molar-refractivity contribution is 9.11. The molecule has 1 aliphatic carbocycles. The van der Waals surface area contributed by atoms with Gasteiger partial charge in [0.15, 0.2) is 0 Å². The molecular formula is C16H18BrNS. The Hall–Kier alpha value is -0.640. The van der Waals surface area contributed by atoms with Crippen LogP contribution in [-0.2, 0) is 12.8 Å². The fourth-order valence-corrected chi connectivity index (χ4v) is 4.27. The van der Waals surface area contributed by atoms with Crippen LogP contribution in [0.5, 0.6) is 0 Å². The second kappa shape index (κ2) is 5.78. The van der Waals surface area contributed by atoms with Crippen molar-refractivity contribution < 1.29 is 0 Å². The fraction of sp³-hybridized carbons (Fsp3) is 0.375. The maximum atomic E-state index is 3.78. The van der Waals surface area contributed by atoms with E-state index in [-0.39, 0.29) is 0 Å². The van der Waals surface area contributed by atoms with Gasteiger partial charge < -0.3 is 5.32 Å². The average molecular weight is 336 g/mol. The van der Waals surface area contributed by atoms with Gasteiger partial charge in [-0.2, -0.15) is 0 Å². The van der Waals surface area contributed by atoms with Gasteiger partial charge in [0, 0.05) is 17.0 Å². The summed E-state index contributed by atoms with van der Waals surface area (Å²) < 4.78 is 1.21. The predicted molar refractivity (Wildman–Crippen MR) is 85.8 cm³/mol. The molecule has 2 unspecified atom stereocenters. The van der Waals surface area contributed by atoms with Crippen LogP contribution in [0.1, 0.15) is 35.4 Å². The van der Waals surface area contributed by atoms with Gasteiger partial charge in [-0.25, -0.2) is 0 Å². The van der Waals surface area contributed by atoms with Crippen molar-refractivity contribution in [2.24, 2.45) is 0 Å². The minimum Gasteiger partial charge on any atom is -0.306 e. The van der Waals surface area contributed by atoms with Gasteiger partial charge in [0.1, 0.15) is 0 Å². The molecule has 0 saturated heterocycles. The highest BCUT2D eigenvalue weighted by Gasteiger charge is 2.20. The molecule has 0 fully saturated rings. The number of aryl methyl sites for hydroxylation is 1. The zero-order valence-electron chi connectivity index (χ0n) is 11.0. The van der Waals surface area contributed by atoms with Gasteiger partial charge in [-0.1, -0.05) is 24.3 Å². The summed E-state index contributed by atoms with van der Waals surface area (Å²) in [6.07, 6.45) is 3.61. The largest absolute Gasteiger partial charge is 0.306 e. The minimum absolute atomic E-state index is 0.437. The van der Waals surface area contributed by atoms with Crippen molar-refractivity contribution in [2.45, 2.75) is 38.3 Å². The number of hydrogen-bond acceptors (Lipinski definition) is 2. The second-order valence-corrected chi connectivity index (χ2v) is 7.73. The summed E-state index contributed by atoms with van der Waals surface area (Å²) in [6, 6.07) is 14.2. The molecule has 1 aliphatic rings. The Kier molecular flexibility index (Phi) is 4.06. The molecule has 1 aromatic heterocycles. The number of nitrogens with one attached hydrogen (secondary N) is 1. The quantitative estimate of drug-likeness (QED) is 0.855. The molecule has 0 amide bonds. The van der Waals surface area contributed by atoms with Crippen molar-refractivity contribution in [1.82, 2.24) is 5.32 Å². The average Bonchev–Trinajstić information content (AvgIpc) is 2.85. The molecule has 0 spiro atoms. The number of hydrogen-bond donors (Lipinski definition) is 1. The molecule has 0 saturated carbocycles. The van der Waals surface area contributed by atoms with Crippen LogP contribution in [0, 0.1) is 0 Å². The van der Waals surface area contributed by atoms with E-state index in [4.69, 9.17) is 0 Å². The van der Waals surface area contributed by atoms with E-state index < -0.39 is 0 Å². The molecule has 3 rings (SSSR count). The Labute approximate surface area is 127 Å². The van der Waals surface area contributed by atoms with E-state index >= 15 is 0 Å². The zero-order valence-corrected chi connectivity index (χ0v) is 13.4. The first-order chi connectivity index (χ1) is 9.22. The van der Waals surface area contributed by atoms with Crippen molar-refractivity contribution in [1.29, 1.82) is 0 Å². The molecule has 1 heterocycles. The molecule has 1 N–H and O–H groups in total. The van der Waals surface area contributed by atoms with Crippen molar-refractivity contribution in [3.63, 3.8) is 0 Å². The first kappa shape index (κ1) is 13.3. The minimum atomic E-state index is 0.437. The Morgan fingerprint density at radius 3 is 2.74 bits per heavy atom. The molecule has 0 bridgehead atoms. The van der Waals surface area contributed by atoms with Gasteiger partial charge in [0.05, 0.1) is 3.79 Å². The molecule has 0 radical (unpaired) electrons. The number of halogens is 1. The van der Waals surface area contributed by atoms with Crippen LogP contribution in [0.3, 0.4) is 0 Å². The fourth-order valence-electron chi connectivity index (χ4n) is 2.84. The summed E-state index contributed by atoms with van der Waals surface area (Å²) in [4.78, 5) is 1.41. The van der Waals surface area contributed by atoms with Crippen molar-refractivity contribution in [3.8, 4) is 0 Å². The molecule has 1 aromatic carbocycles. The molecule has 2 atom stereocenters. The third kappa shape index (κ3) is 3.10. The highest BCUT2D eigenvalue weighted by atomic mass is 79.9. The van der Waals surface area contributed by atoms with E-state index in [0.717, 1.165) is 6.42 Å². The third-order valence-corrected chi connectivity index (χ3v) is 5.66. The van der Waals surface area contributed by atoms with Crippen LogP contribution >= 0.6 is 27.3 Å². The standard InChI is InChI=1S/C16H18BrNS/c1-11(15-8-9-16(17)19-15)18-14-7-6-12-4-2-3-5-13(12)10-14/h2-5,8-9,11,14,18H,6-7,10H2,1H3. The van der Waals surface area contributed by atoms with Crippen LogP contribution in [0.4, 0.5) is 0 Å². The van der Waals surface area contributed by atoms with E-state index in [9.17, 15) is 0 Å². The predicted octanol–water partition coefficient (Wildman–Crippen LogP) is 4.72. The monoisotopic (exact) mass is 335 g/mol. The van der Waals surface area contributed by atoms with Crippen molar-refractivity contribution >= 4 is 27.3 Å². The van der Waals surface area contributed by atoms with E-state index in [0.29, 0.717) is 12.1 Å². The number of rotatable bonds is 3. The summed E-state index contributed by atoms with van der Waals surface area (Å²) in [5, 5.41) is 3.78. The van der Waals surface area contributed by atoms with E-state index in [1.807, 2.05) is 11.3 Å². The van der Waals surface area contributed by atoms with Gasteiger partial charge >= 0.3 is 0 Å². The Morgan fingerprint density at radius 1 is 1.21 bits per heavy atom. The van der Waals surface area contributed by atoms with Gasteiger partial charge in [0.25, 0.3) is 0 Å². The topological polar surface area (TPSA) is 12.0 Å². The van der Waals surface area contributed by atoms with E-state index in [1.54, 1.807) is 0 Å². The molecule has 2 aromatic rings. The lowest BCUT2D eigenvalue weighted by molar-refractivity contribution is 0.417. The third-order valence-electron chi connectivity index (χ3n) is 3.85. The van der Waals surface area contributed by atoms with Gasteiger partial charge in [-0.05, 0) is 65.4 Å². The summed E-state index contributed by atoms with van der Waals surface area (Å²) in [5.74, 6) is 0. The lowest BCUT2D eigenvalue weighted by Crippen LogP contribution is -2.36. The number of benzene rings is 1. The van der Waals surface area contributed by atoms with Crippen LogP contribution in [0.2, 0.25) is 0 Å². The highest BCUT2D eigenvalue weighted by Crippen LogP contribution is 2.29. The summed E-state index contributed by atoms with van der Waals surface area (Å²) in [6.45, 7) is 2.26. The molecule has 1 nitrogen and oxygen atoms in total. The Balaban J connectivity index is 1.66. The molecule has 3 heteroatoms. The molecule has 19 heavy (non-hydrogen) atoms. The van der Waals surface area contributed by atoms with Gasteiger partial charge in [-0.15, -0.1) is 11.3 Å². The van der Waals surface area contributed by atoms with Crippen LogP contribution < -0.4 is 5.32 Å². The van der Waals surface area contributed by atoms with Crippen LogP contribution in [0.15, 0.2) is 40.2 Å². The SMILES string of the molecule is CC(NC1CCc2ccccc2C1)c1ccc(Br)s1. The number of fused-ring (bicyclic) bond motifs is 1. The molecule has 0 aliphatic heterocycles. The second-order valence-electron chi connectivity index (χ2n) is 5.24. The van der Waals surface area contributed by atoms with Crippen LogP contribution in [0.25, 0.3) is 0 Å². The molecular weight excluding hydrogens is 318 g/mol. The number of thiophene rings is 1. The van der Waals surface area contributed by atoms with Gasteiger partial charge in [0.2, 0.25) is 0 Å². The van der Waals surface area contributed by atoms with Crippen molar-refractivity contribution in [3.05, 3.63) is 56.2 Å². The summed E-state index contributed by atoms with van der Waals surface area (Å²) >= 11 is 5.36. The zero-order chi connectivity index (χ0) is 13.2. The van der Waals surface area contributed by atoms with Gasteiger partial charge in [-0.3, -0.25) is 0 Å². The first-order valence-corrected chi connectivity index (χ1v) is 8.41. The van der Waals surface area contributed by atoms with E-state index in [1.165, 1.54) is 32.6 Å². The smallest absolute Gasteiger partial charge is 0.0701 e. The van der Waals surface area contributed by atoms with E-state index in [2.05, 4.69) is 64.6 Å². The Bertz CT molecular complexity index is 563. The lowest BCUT2D eigenvalue weighted by Gasteiger charge is -2.28. The maximum absolute atomic E-state index is 3.78. The van der Waals surface area contributed by atoms with Crippen LogP contribution in [-0.4, -0.2) is 6.04 Å². The summed E-state index contributed by atoms with van der Waals surface area (Å²) in [5.41, 5.74) is 3.05. The maximum Gasteiger partial charge on any atom is 0.0701 e. The molecule has 100 valence electrons. The lowest BCUT2D eigenvalue weighted by atomic mass is 9.88. The first-order valence-electron chi connectivity index (χ1n) is 6.80.